The van der Waals surface area contributed by atoms with Crippen molar-refractivity contribution in [1.29, 1.82) is 0 Å². The van der Waals surface area contributed by atoms with Crippen molar-refractivity contribution < 1.29 is 4.79 Å². The molecule has 5 aromatic rings. The van der Waals surface area contributed by atoms with Crippen LogP contribution in [0.3, 0.4) is 0 Å². The molecule has 1 fully saturated rings. The van der Waals surface area contributed by atoms with Crippen molar-refractivity contribution in [1.82, 2.24) is 29.9 Å². The molecule has 10 heteroatoms. The highest BCUT2D eigenvalue weighted by Crippen LogP contribution is 2.31. The largest absolute Gasteiger partial charge is 0.350 e. The Morgan fingerprint density at radius 3 is 2.74 bits per heavy atom. The van der Waals surface area contributed by atoms with Crippen molar-refractivity contribution in [3.8, 4) is 11.3 Å². The number of carbonyl (C=O) groups is 1. The Bertz CT molecular complexity index is 1770. The summed E-state index contributed by atoms with van der Waals surface area (Å²) in [7, 11) is 0. The second-order valence-corrected chi connectivity index (χ2v) is 10.7. The van der Waals surface area contributed by atoms with Gasteiger partial charge in [-0.3, -0.25) is 9.78 Å². The van der Waals surface area contributed by atoms with E-state index < -0.39 is 0 Å². The Kier molecular flexibility index (Phi) is 7.78. The van der Waals surface area contributed by atoms with E-state index in [9.17, 15) is 4.79 Å². The lowest BCUT2D eigenvalue weighted by atomic mass is 9.99. The molecule has 3 N–H and O–H groups in total. The number of pyridine rings is 1. The van der Waals surface area contributed by atoms with E-state index in [-0.39, 0.29) is 11.8 Å². The number of hydrogen-bond acceptors (Lipinski definition) is 8. The third kappa shape index (κ3) is 5.53. The predicted molar refractivity (Wildman–Crippen MR) is 168 cm³/mol. The van der Waals surface area contributed by atoms with Gasteiger partial charge in [0.25, 0.3) is 0 Å². The van der Waals surface area contributed by atoms with E-state index >= 15 is 0 Å². The number of benzene rings is 2. The lowest BCUT2D eigenvalue weighted by Crippen LogP contribution is -2.44. The number of anilines is 3. The van der Waals surface area contributed by atoms with E-state index in [1.54, 1.807) is 6.08 Å². The molecular formula is C32H35N9O. The molecule has 1 saturated heterocycles. The van der Waals surface area contributed by atoms with Crippen molar-refractivity contribution >= 4 is 39.9 Å². The van der Waals surface area contributed by atoms with Gasteiger partial charge in [-0.2, -0.15) is 19.6 Å². The summed E-state index contributed by atoms with van der Waals surface area (Å²) in [4.78, 5) is 28.9. The quantitative estimate of drug-likeness (QED) is 0.227. The van der Waals surface area contributed by atoms with Crippen molar-refractivity contribution in [2.24, 2.45) is 0 Å². The van der Waals surface area contributed by atoms with Crippen LogP contribution in [0.1, 0.15) is 37.8 Å². The summed E-state index contributed by atoms with van der Waals surface area (Å²) in [5, 5.41) is 16.5. The number of piperazine rings is 1. The van der Waals surface area contributed by atoms with Crippen LogP contribution in [0.25, 0.3) is 27.7 Å². The van der Waals surface area contributed by atoms with Gasteiger partial charge in [0.05, 0.1) is 11.9 Å². The number of nitrogens with one attached hydrogen (secondary N) is 3. The Morgan fingerprint density at radius 2 is 1.93 bits per heavy atom. The SMILES string of the molecule is C/C=C/C(=O)Nc1ccc2c(-c3ccccc3CNc3nc(N4CCNCC4)nc4c(C(C)C)cnn34)nccc2c1. The van der Waals surface area contributed by atoms with Gasteiger partial charge in [0.1, 0.15) is 0 Å². The fourth-order valence-corrected chi connectivity index (χ4v) is 5.30. The number of fused-ring (bicyclic) bond motifs is 2. The van der Waals surface area contributed by atoms with Gasteiger partial charge in [-0.05, 0) is 48.1 Å². The molecule has 42 heavy (non-hydrogen) atoms. The highest BCUT2D eigenvalue weighted by atomic mass is 16.1. The van der Waals surface area contributed by atoms with Crippen LogP contribution in [0.15, 0.2) is 73.1 Å². The Hall–Kier alpha value is -4.83. The number of carbonyl (C=O) groups excluding carboxylic acids is 1. The van der Waals surface area contributed by atoms with Gasteiger partial charge < -0.3 is 20.9 Å². The number of aromatic nitrogens is 5. The van der Waals surface area contributed by atoms with Crippen LogP contribution >= 0.6 is 0 Å². The molecule has 2 aromatic carbocycles. The second-order valence-electron chi connectivity index (χ2n) is 10.7. The van der Waals surface area contributed by atoms with Gasteiger partial charge in [-0.25, -0.2) is 0 Å². The molecule has 0 saturated carbocycles. The summed E-state index contributed by atoms with van der Waals surface area (Å²) >= 11 is 0. The minimum absolute atomic E-state index is 0.154. The first kappa shape index (κ1) is 27.3. The Morgan fingerprint density at radius 1 is 1.10 bits per heavy atom. The number of nitrogens with zero attached hydrogens (tertiary/aromatic N) is 6. The molecule has 214 valence electrons. The highest BCUT2D eigenvalue weighted by molar-refractivity contribution is 6.02. The van der Waals surface area contributed by atoms with Crippen molar-refractivity contribution in [3.63, 3.8) is 0 Å². The van der Waals surface area contributed by atoms with E-state index in [2.05, 4.69) is 51.9 Å². The van der Waals surface area contributed by atoms with Gasteiger partial charge in [0, 0.05) is 61.1 Å². The normalized spacial score (nSPS) is 13.9. The smallest absolute Gasteiger partial charge is 0.248 e. The Balaban J connectivity index is 1.34. The highest BCUT2D eigenvalue weighted by Gasteiger charge is 2.20. The summed E-state index contributed by atoms with van der Waals surface area (Å²) in [6.45, 7) is 10.2. The average Bonchev–Trinajstić information content (AvgIpc) is 3.45. The molecule has 0 aliphatic carbocycles. The summed E-state index contributed by atoms with van der Waals surface area (Å²) in [6, 6.07) is 16.1. The second kappa shape index (κ2) is 12.0. The number of allylic oxidation sites excluding steroid dienone is 1. The van der Waals surface area contributed by atoms with E-state index in [4.69, 9.17) is 15.0 Å². The molecule has 1 aliphatic rings. The molecule has 3 aromatic heterocycles. The number of rotatable bonds is 8. The van der Waals surface area contributed by atoms with Crippen LogP contribution in [-0.4, -0.2) is 56.7 Å². The molecule has 6 rings (SSSR count). The number of amides is 1. The van der Waals surface area contributed by atoms with Crippen molar-refractivity contribution in [2.45, 2.75) is 33.2 Å². The minimum Gasteiger partial charge on any atom is -0.350 e. The van der Waals surface area contributed by atoms with Crippen molar-refractivity contribution in [2.75, 3.05) is 41.7 Å². The molecule has 0 atom stereocenters. The Labute approximate surface area is 244 Å². The lowest BCUT2D eigenvalue weighted by Gasteiger charge is -2.27. The third-order valence-electron chi connectivity index (χ3n) is 7.46. The molecule has 4 heterocycles. The first-order chi connectivity index (χ1) is 20.5. The van der Waals surface area contributed by atoms with Crippen LogP contribution < -0.4 is 20.9 Å². The zero-order valence-corrected chi connectivity index (χ0v) is 24.1. The molecular weight excluding hydrogens is 526 g/mol. The standard InChI is InChI=1S/C32H35N9O/c1-4-7-28(42)37-24-10-11-26-22(18-24)12-13-34-29(26)25-9-6-5-8-23(25)19-35-31-39-32(40-16-14-33-15-17-40)38-30-27(21(2)3)20-36-41(30)31/h4-13,18,20-21,33H,14-17,19H2,1-3H3,(H,37,42)(H,35,38,39)/b7-4+. The van der Waals surface area contributed by atoms with Crippen LogP contribution in [0.2, 0.25) is 0 Å². The van der Waals surface area contributed by atoms with Crippen LogP contribution in [0, 0.1) is 0 Å². The average molecular weight is 562 g/mol. The molecule has 0 spiro atoms. The van der Waals surface area contributed by atoms with E-state index in [1.165, 1.54) is 6.08 Å². The van der Waals surface area contributed by atoms with Gasteiger partial charge >= 0.3 is 0 Å². The fourth-order valence-electron chi connectivity index (χ4n) is 5.30. The number of hydrogen-bond donors (Lipinski definition) is 3. The van der Waals surface area contributed by atoms with Gasteiger partial charge in [0.2, 0.25) is 17.8 Å². The summed E-state index contributed by atoms with van der Waals surface area (Å²) in [6.07, 6.45) is 6.93. The van der Waals surface area contributed by atoms with Gasteiger partial charge in [-0.15, -0.1) is 0 Å². The monoisotopic (exact) mass is 561 g/mol. The van der Waals surface area contributed by atoms with E-state index in [0.717, 1.165) is 76.6 Å². The maximum atomic E-state index is 12.1. The first-order valence-electron chi connectivity index (χ1n) is 14.4. The fraction of sp³-hybridized carbons (Fsp3) is 0.281. The molecule has 0 radical (unpaired) electrons. The molecule has 1 amide bonds. The maximum absolute atomic E-state index is 12.1. The summed E-state index contributed by atoms with van der Waals surface area (Å²) < 4.78 is 1.81. The third-order valence-corrected chi connectivity index (χ3v) is 7.46. The molecule has 1 aliphatic heterocycles. The minimum atomic E-state index is -0.154. The van der Waals surface area contributed by atoms with Gasteiger partial charge in [0.15, 0.2) is 5.65 Å². The van der Waals surface area contributed by atoms with Crippen LogP contribution in [-0.2, 0) is 11.3 Å². The zero-order valence-electron chi connectivity index (χ0n) is 24.1. The van der Waals surface area contributed by atoms with E-state index in [0.29, 0.717) is 12.5 Å². The van der Waals surface area contributed by atoms with Crippen molar-refractivity contribution in [3.05, 3.63) is 84.2 Å². The zero-order chi connectivity index (χ0) is 29.1. The van der Waals surface area contributed by atoms with Crippen LogP contribution in [0.4, 0.5) is 17.6 Å². The maximum Gasteiger partial charge on any atom is 0.248 e. The van der Waals surface area contributed by atoms with Crippen LogP contribution in [0.5, 0.6) is 0 Å². The predicted octanol–water partition coefficient (Wildman–Crippen LogP) is 5.00. The summed E-state index contributed by atoms with van der Waals surface area (Å²) in [5.41, 5.74) is 5.65. The lowest BCUT2D eigenvalue weighted by molar-refractivity contribution is -0.111. The molecule has 10 nitrogen and oxygen atoms in total. The molecule has 0 bridgehead atoms. The topological polar surface area (TPSA) is 112 Å². The summed E-state index contributed by atoms with van der Waals surface area (Å²) in [5.74, 6) is 1.51. The first-order valence-corrected chi connectivity index (χ1v) is 14.4. The van der Waals surface area contributed by atoms with Gasteiger partial charge in [-0.1, -0.05) is 50.3 Å². The molecule has 0 unspecified atom stereocenters. The van der Waals surface area contributed by atoms with E-state index in [1.807, 2.05) is 60.2 Å².